The summed E-state index contributed by atoms with van der Waals surface area (Å²) in [6.07, 6.45) is 4.45. The Labute approximate surface area is 161 Å². The summed E-state index contributed by atoms with van der Waals surface area (Å²) < 4.78 is 18.9. The van der Waals surface area contributed by atoms with Gasteiger partial charge in [0.25, 0.3) is 0 Å². The zero-order valence-electron chi connectivity index (χ0n) is 15.5. The second-order valence-electron chi connectivity index (χ2n) is 7.03. The number of aromatic nitrogens is 3. The number of anilines is 1. The molecule has 1 aliphatic carbocycles. The maximum atomic E-state index is 14.2. The Kier molecular flexibility index (Phi) is 4.89. The summed E-state index contributed by atoms with van der Waals surface area (Å²) in [5.74, 6) is 0.475. The highest BCUT2D eigenvalue weighted by atomic mass is 19.1. The van der Waals surface area contributed by atoms with Crippen molar-refractivity contribution >= 4 is 17.6 Å². The van der Waals surface area contributed by atoms with Crippen LogP contribution in [0.5, 0.6) is 0 Å². The molecular formula is C19H21FN6O2. The molecule has 1 atom stereocenters. The third-order valence-electron chi connectivity index (χ3n) is 5.32. The second-order valence-corrected chi connectivity index (χ2v) is 7.03. The van der Waals surface area contributed by atoms with Gasteiger partial charge in [-0.3, -0.25) is 9.98 Å². The van der Waals surface area contributed by atoms with Gasteiger partial charge in [0, 0.05) is 18.2 Å². The Morgan fingerprint density at radius 3 is 2.86 bits per heavy atom. The van der Waals surface area contributed by atoms with Crippen LogP contribution in [0.2, 0.25) is 0 Å². The molecule has 0 aromatic carbocycles. The molecular weight excluding hydrogens is 363 g/mol. The van der Waals surface area contributed by atoms with E-state index in [0.29, 0.717) is 36.1 Å². The molecule has 0 amide bonds. The van der Waals surface area contributed by atoms with Gasteiger partial charge in [0.05, 0.1) is 19.3 Å². The van der Waals surface area contributed by atoms with Crippen LogP contribution in [0.3, 0.4) is 0 Å². The SMILES string of the molecule is COC(=O)C1CN=C(c2ccc(NCC3(c4ncccc4F)CCC3)nn2)N1. The summed E-state index contributed by atoms with van der Waals surface area (Å²) in [7, 11) is 1.34. The molecule has 28 heavy (non-hydrogen) atoms. The first-order chi connectivity index (χ1) is 13.6. The molecule has 2 aromatic heterocycles. The highest BCUT2D eigenvalue weighted by Gasteiger charge is 2.41. The molecule has 8 nitrogen and oxygen atoms in total. The number of carbonyl (C=O) groups is 1. The van der Waals surface area contributed by atoms with Crippen LogP contribution in [0, 0.1) is 5.82 Å². The zero-order valence-corrected chi connectivity index (χ0v) is 15.5. The molecule has 2 aromatic rings. The van der Waals surface area contributed by atoms with Gasteiger partial charge >= 0.3 is 5.97 Å². The number of hydrogen-bond donors (Lipinski definition) is 2. The standard InChI is InChI=1S/C19H21FN6O2/c1-28-18(27)14-10-22-17(24-14)13-5-6-15(26-25-13)23-11-19(7-3-8-19)16-12(20)4-2-9-21-16/h2,4-6,9,14H,3,7-8,10-11H2,1H3,(H,22,24)(H,23,26). The third kappa shape index (κ3) is 3.39. The van der Waals surface area contributed by atoms with Crippen LogP contribution in [0.15, 0.2) is 35.5 Å². The van der Waals surface area contributed by atoms with Gasteiger partial charge in [0.15, 0.2) is 0 Å². The molecule has 0 bridgehead atoms. The smallest absolute Gasteiger partial charge is 0.330 e. The zero-order chi connectivity index (χ0) is 19.6. The van der Waals surface area contributed by atoms with Crippen LogP contribution in [0.4, 0.5) is 10.2 Å². The Hall–Kier alpha value is -3.10. The van der Waals surface area contributed by atoms with E-state index in [1.807, 2.05) is 0 Å². The molecule has 1 fully saturated rings. The van der Waals surface area contributed by atoms with Crippen molar-refractivity contribution in [1.82, 2.24) is 20.5 Å². The van der Waals surface area contributed by atoms with E-state index in [-0.39, 0.29) is 17.2 Å². The minimum atomic E-state index is -0.494. The fourth-order valence-corrected chi connectivity index (χ4v) is 3.56. The summed E-state index contributed by atoms with van der Waals surface area (Å²) in [6, 6.07) is 6.13. The molecule has 4 rings (SSSR count). The topological polar surface area (TPSA) is 101 Å². The van der Waals surface area contributed by atoms with E-state index in [1.54, 1.807) is 24.4 Å². The van der Waals surface area contributed by atoms with Gasteiger partial charge < -0.3 is 15.4 Å². The fraction of sp³-hybridized carbons (Fsp3) is 0.421. The Morgan fingerprint density at radius 1 is 1.36 bits per heavy atom. The summed E-state index contributed by atoms with van der Waals surface area (Å²) in [5.41, 5.74) is 0.749. The van der Waals surface area contributed by atoms with Crippen LogP contribution in [-0.2, 0) is 14.9 Å². The third-order valence-corrected chi connectivity index (χ3v) is 5.32. The van der Waals surface area contributed by atoms with Crippen molar-refractivity contribution in [2.75, 3.05) is 25.5 Å². The van der Waals surface area contributed by atoms with Gasteiger partial charge in [0.2, 0.25) is 0 Å². The number of nitrogens with one attached hydrogen (secondary N) is 2. The van der Waals surface area contributed by atoms with Crippen molar-refractivity contribution in [2.24, 2.45) is 4.99 Å². The first-order valence-electron chi connectivity index (χ1n) is 9.19. The number of aliphatic imine (C=N–C) groups is 1. The van der Waals surface area contributed by atoms with E-state index in [4.69, 9.17) is 4.74 Å². The summed E-state index contributed by atoms with van der Waals surface area (Å²) in [6.45, 7) is 0.848. The van der Waals surface area contributed by atoms with E-state index in [1.165, 1.54) is 13.2 Å². The quantitative estimate of drug-likeness (QED) is 0.727. The Balaban J connectivity index is 1.40. The second kappa shape index (κ2) is 7.49. The number of halogens is 1. The molecule has 1 saturated carbocycles. The Bertz CT molecular complexity index is 898. The van der Waals surface area contributed by atoms with Crippen LogP contribution in [0.1, 0.15) is 30.7 Å². The molecule has 3 heterocycles. The number of rotatable bonds is 6. The number of ether oxygens (including phenoxy) is 1. The number of amidine groups is 1. The van der Waals surface area contributed by atoms with Crippen molar-refractivity contribution in [3.8, 4) is 0 Å². The van der Waals surface area contributed by atoms with Crippen LogP contribution in [0.25, 0.3) is 0 Å². The molecule has 0 radical (unpaired) electrons. The van der Waals surface area contributed by atoms with Crippen LogP contribution in [-0.4, -0.2) is 53.2 Å². The van der Waals surface area contributed by atoms with E-state index in [9.17, 15) is 9.18 Å². The number of nitrogens with zero attached hydrogens (tertiary/aromatic N) is 4. The van der Waals surface area contributed by atoms with Gasteiger partial charge in [-0.05, 0) is 37.1 Å². The number of pyridine rings is 1. The number of methoxy groups -OCH3 is 1. The van der Waals surface area contributed by atoms with Crippen molar-refractivity contribution in [3.05, 3.63) is 47.7 Å². The maximum Gasteiger partial charge on any atom is 0.330 e. The van der Waals surface area contributed by atoms with Gasteiger partial charge in [0.1, 0.15) is 29.2 Å². The lowest BCUT2D eigenvalue weighted by Crippen LogP contribution is -2.42. The summed E-state index contributed by atoms with van der Waals surface area (Å²) >= 11 is 0. The minimum absolute atomic E-state index is 0.268. The molecule has 146 valence electrons. The average Bonchev–Trinajstić information content (AvgIpc) is 3.18. The molecule has 2 N–H and O–H groups in total. The van der Waals surface area contributed by atoms with Crippen molar-refractivity contribution in [3.63, 3.8) is 0 Å². The lowest BCUT2D eigenvalue weighted by atomic mass is 9.66. The molecule has 0 saturated heterocycles. The first kappa shape index (κ1) is 18.3. The normalized spacial score (nSPS) is 19.9. The molecule has 9 heteroatoms. The lowest BCUT2D eigenvalue weighted by molar-refractivity contribution is -0.142. The number of carbonyl (C=O) groups excluding carboxylic acids is 1. The molecule has 1 aliphatic heterocycles. The maximum absolute atomic E-state index is 14.2. The van der Waals surface area contributed by atoms with Gasteiger partial charge in [-0.15, -0.1) is 10.2 Å². The van der Waals surface area contributed by atoms with Crippen molar-refractivity contribution < 1.29 is 13.9 Å². The first-order valence-corrected chi connectivity index (χ1v) is 9.19. The van der Waals surface area contributed by atoms with Crippen LogP contribution >= 0.6 is 0 Å². The predicted octanol–water partition coefficient (Wildman–Crippen LogP) is 1.44. The predicted molar refractivity (Wildman–Crippen MR) is 101 cm³/mol. The lowest BCUT2D eigenvalue weighted by Gasteiger charge is -2.41. The van der Waals surface area contributed by atoms with E-state index in [2.05, 4.69) is 30.8 Å². The molecule has 0 spiro atoms. The van der Waals surface area contributed by atoms with Crippen LogP contribution < -0.4 is 10.6 Å². The number of esters is 1. The van der Waals surface area contributed by atoms with Gasteiger partial charge in [-0.25, -0.2) is 9.18 Å². The molecule has 2 aliphatic rings. The monoisotopic (exact) mass is 384 g/mol. The van der Waals surface area contributed by atoms with Crippen molar-refractivity contribution in [1.29, 1.82) is 0 Å². The van der Waals surface area contributed by atoms with E-state index in [0.717, 1.165) is 19.3 Å². The van der Waals surface area contributed by atoms with Gasteiger partial charge in [-0.1, -0.05) is 6.42 Å². The number of hydrogen-bond acceptors (Lipinski definition) is 8. The van der Waals surface area contributed by atoms with E-state index < -0.39 is 6.04 Å². The van der Waals surface area contributed by atoms with E-state index >= 15 is 0 Å². The molecule has 1 unspecified atom stereocenters. The highest BCUT2D eigenvalue weighted by molar-refractivity contribution is 6.01. The highest BCUT2D eigenvalue weighted by Crippen LogP contribution is 2.43. The van der Waals surface area contributed by atoms with Crippen molar-refractivity contribution in [2.45, 2.75) is 30.7 Å². The fourth-order valence-electron chi connectivity index (χ4n) is 3.56. The minimum Gasteiger partial charge on any atom is -0.467 e. The summed E-state index contributed by atoms with van der Waals surface area (Å²) in [5, 5.41) is 14.6. The van der Waals surface area contributed by atoms with Gasteiger partial charge in [-0.2, -0.15) is 0 Å². The Morgan fingerprint density at radius 2 is 2.21 bits per heavy atom. The summed E-state index contributed by atoms with van der Waals surface area (Å²) in [4.78, 5) is 20.1. The average molecular weight is 384 g/mol. The largest absolute Gasteiger partial charge is 0.467 e.